The van der Waals surface area contributed by atoms with E-state index >= 15 is 0 Å². The van der Waals surface area contributed by atoms with Crippen molar-refractivity contribution in [2.24, 2.45) is 0 Å². The molecule has 0 saturated heterocycles. The van der Waals surface area contributed by atoms with E-state index in [2.05, 4.69) is 10.2 Å². The summed E-state index contributed by atoms with van der Waals surface area (Å²) in [7, 11) is 0. The second-order valence-electron chi connectivity index (χ2n) is 5.72. The first-order valence-corrected chi connectivity index (χ1v) is 9.27. The predicted molar refractivity (Wildman–Crippen MR) is 102 cm³/mol. The molecule has 0 fully saturated rings. The number of ether oxygens (including phenoxy) is 1. The number of aliphatic carboxylic acids is 1. The summed E-state index contributed by atoms with van der Waals surface area (Å²) in [6.45, 7) is 2.18. The van der Waals surface area contributed by atoms with Crippen LogP contribution in [0.1, 0.15) is 23.9 Å². The van der Waals surface area contributed by atoms with E-state index in [4.69, 9.17) is 9.15 Å². The molecule has 8 heteroatoms. The number of aryl methyl sites for hydroxylation is 1. The Kier molecular flexibility index (Phi) is 6.44. The Morgan fingerprint density at radius 2 is 1.89 bits per heavy atom. The summed E-state index contributed by atoms with van der Waals surface area (Å²) in [5.74, 6) is -0.304. The highest BCUT2D eigenvalue weighted by Crippen LogP contribution is 2.28. The van der Waals surface area contributed by atoms with Gasteiger partial charge < -0.3 is 14.3 Å². The smallest absolute Gasteiger partial charge is 0.342 e. The molecule has 0 aliphatic rings. The number of aromatic nitrogens is 2. The van der Waals surface area contributed by atoms with Crippen molar-refractivity contribution in [2.75, 3.05) is 0 Å². The maximum atomic E-state index is 12.9. The first kappa shape index (κ1) is 19.6. The van der Waals surface area contributed by atoms with Gasteiger partial charge >= 0.3 is 5.97 Å². The summed E-state index contributed by atoms with van der Waals surface area (Å²) >= 11 is 0.900. The Morgan fingerprint density at radius 1 is 1.18 bits per heavy atom. The molecule has 0 spiro atoms. The molecule has 0 bridgehead atoms. The van der Waals surface area contributed by atoms with Gasteiger partial charge in [0.05, 0.1) is 0 Å². The van der Waals surface area contributed by atoms with Crippen LogP contribution in [0.3, 0.4) is 0 Å². The number of halogens is 1. The van der Waals surface area contributed by atoms with Crippen LogP contribution in [0.4, 0.5) is 4.39 Å². The number of benzene rings is 2. The fourth-order valence-electron chi connectivity index (χ4n) is 2.21. The number of thioether (sulfide) groups is 1. The summed E-state index contributed by atoms with van der Waals surface area (Å²) in [5.41, 5.74) is 1.54. The minimum atomic E-state index is -1.09. The largest absolute Gasteiger partial charge is 0.489 e. The zero-order valence-corrected chi connectivity index (χ0v) is 15.8. The second kappa shape index (κ2) is 9.18. The summed E-state index contributed by atoms with van der Waals surface area (Å²) in [5, 5.41) is 17.2. The summed E-state index contributed by atoms with van der Waals surface area (Å²) in [6, 6.07) is 13.0. The zero-order chi connectivity index (χ0) is 19.9. The molecule has 1 aromatic heterocycles. The van der Waals surface area contributed by atoms with Crippen LogP contribution < -0.4 is 4.74 Å². The first-order valence-electron chi connectivity index (χ1n) is 8.46. The van der Waals surface area contributed by atoms with E-state index in [9.17, 15) is 14.3 Å². The average molecular weight is 400 g/mol. The van der Waals surface area contributed by atoms with E-state index < -0.39 is 5.97 Å². The molecule has 144 valence electrons. The first-order chi connectivity index (χ1) is 13.5. The standard InChI is InChI=1S/C20H17FN2O4S/c1-2-18-22-23-20(27-18)28-17(19(24)25)11-13-5-9-16(10-6-13)26-12-14-3-7-15(21)8-4-14/h3-11H,2,12H2,1H3,(H,24,25)/b17-11-. The molecule has 28 heavy (non-hydrogen) atoms. The Balaban J connectivity index is 1.66. The molecule has 0 radical (unpaired) electrons. The third kappa shape index (κ3) is 5.43. The van der Waals surface area contributed by atoms with Gasteiger partial charge in [0.2, 0.25) is 5.89 Å². The quantitative estimate of drug-likeness (QED) is 0.438. The Hall–Kier alpha value is -3.13. The van der Waals surface area contributed by atoms with Crippen molar-refractivity contribution < 1.29 is 23.4 Å². The van der Waals surface area contributed by atoms with Crippen LogP contribution >= 0.6 is 11.8 Å². The van der Waals surface area contributed by atoms with E-state index in [1.54, 1.807) is 36.4 Å². The maximum Gasteiger partial charge on any atom is 0.342 e. The van der Waals surface area contributed by atoms with E-state index in [-0.39, 0.29) is 15.9 Å². The molecule has 1 N–H and O–H groups in total. The second-order valence-corrected chi connectivity index (χ2v) is 6.71. The highest BCUT2D eigenvalue weighted by molar-refractivity contribution is 8.03. The van der Waals surface area contributed by atoms with Gasteiger partial charge in [0, 0.05) is 6.42 Å². The van der Waals surface area contributed by atoms with Crippen molar-refractivity contribution >= 4 is 23.8 Å². The van der Waals surface area contributed by atoms with Gasteiger partial charge in [-0.15, -0.1) is 10.2 Å². The number of carbonyl (C=O) groups is 1. The van der Waals surface area contributed by atoms with Gasteiger partial charge in [0.25, 0.3) is 5.22 Å². The molecular formula is C20H17FN2O4S. The normalized spacial score (nSPS) is 11.4. The molecule has 0 saturated carbocycles. The van der Waals surface area contributed by atoms with Crippen LogP contribution in [0.15, 0.2) is 63.1 Å². The molecule has 3 aromatic rings. The number of rotatable bonds is 8. The molecule has 0 unspecified atom stereocenters. The van der Waals surface area contributed by atoms with E-state index in [1.165, 1.54) is 18.2 Å². The van der Waals surface area contributed by atoms with Crippen LogP contribution in [0.5, 0.6) is 5.75 Å². The number of hydrogen-bond donors (Lipinski definition) is 1. The summed E-state index contributed by atoms with van der Waals surface area (Å²) in [6.07, 6.45) is 2.10. The van der Waals surface area contributed by atoms with Crippen LogP contribution in [-0.2, 0) is 17.8 Å². The number of nitrogens with zero attached hydrogens (tertiary/aromatic N) is 2. The van der Waals surface area contributed by atoms with Gasteiger partial charge in [-0.1, -0.05) is 31.2 Å². The van der Waals surface area contributed by atoms with E-state index in [0.717, 1.165) is 17.3 Å². The van der Waals surface area contributed by atoms with Crippen molar-refractivity contribution in [1.82, 2.24) is 10.2 Å². The van der Waals surface area contributed by atoms with Gasteiger partial charge in [-0.05, 0) is 53.2 Å². The SMILES string of the molecule is CCc1nnc(S/C(=C\c2ccc(OCc3ccc(F)cc3)cc2)C(=O)O)o1. The lowest BCUT2D eigenvalue weighted by Gasteiger charge is -2.07. The van der Waals surface area contributed by atoms with Gasteiger partial charge in [-0.2, -0.15) is 0 Å². The van der Waals surface area contributed by atoms with Crippen molar-refractivity contribution in [3.05, 3.63) is 76.3 Å². The lowest BCUT2D eigenvalue weighted by atomic mass is 10.2. The van der Waals surface area contributed by atoms with Crippen LogP contribution in [0.2, 0.25) is 0 Å². The monoisotopic (exact) mass is 400 g/mol. The maximum absolute atomic E-state index is 12.9. The molecule has 0 atom stereocenters. The van der Waals surface area contributed by atoms with Crippen molar-refractivity contribution in [3.63, 3.8) is 0 Å². The minimum Gasteiger partial charge on any atom is -0.489 e. The van der Waals surface area contributed by atoms with E-state index in [1.807, 2.05) is 6.92 Å². The lowest BCUT2D eigenvalue weighted by molar-refractivity contribution is -0.131. The topological polar surface area (TPSA) is 85.5 Å². The van der Waals surface area contributed by atoms with Crippen molar-refractivity contribution in [1.29, 1.82) is 0 Å². The zero-order valence-electron chi connectivity index (χ0n) is 15.0. The Bertz CT molecular complexity index is 969. The third-order valence-corrected chi connectivity index (χ3v) is 4.51. The fourth-order valence-corrected chi connectivity index (χ4v) is 2.90. The van der Waals surface area contributed by atoms with Crippen molar-refractivity contribution in [3.8, 4) is 5.75 Å². The van der Waals surface area contributed by atoms with Crippen LogP contribution in [0.25, 0.3) is 6.08 Å². The highest BCUT2D eigenvalue weighted by Gasteiger charge is 2.14. The Morgan fingerprint density at radius 3 is 2.50 bits per heavy atom. The molecule has 2 aromatic carbocycles. The third-order valence-electron chi connectivity index (χ3n) is 3.66. The molecule has 0 amide bonds. The summed E-state index contributed by atoms with van der Waals surface area (Å²) in [4.78, 5) is 11.6. The van der Waals surface area contributed by atoms with Crippen molar-refractivity contribution in [2.45, 2.75) is 25.2 Å². The molecule has 0 aliphatic heterocycles. The predicted octanol–water partition coefficient (Wildman–Crippen LogP) is 4.57. The molecular weight excluding hydrogens is 383 g/mol. The van der Waals surface area contributed by atoms with Gasteiger partial charge in [0.1, 0.15) is 23.1 Å². The van der Waals surface area contributed by atoms with Gasteiger partial charge in [-0.25, -0.2) is 9.18 Å². The summed E-state index contributed by atoms with van der Waals surface area (Å²) < 4.78 is 23.9. The minimum absolute atomic E-state index is 0.0614. The molecule has 3 rings (SSSR count). The molecule has 1 heterocycles. The van der Waals surface area contributed by atoms with Gasteiger partial charge in [-0.3, -0.25) is 0 Å². The Labute approximate surface area is 165 Å². The number of hydrogen-bond acceptors (Lipinski definition) is 6. The highest BCUT2D eigenvalue weighted by atomic mass is 32.2. The average Bonchev–Trinajstić information content (AvgIpc) is 3.16. The lowest BCUT2D eigenvalue weighted by Crippen LogP contribution is -1.97. The molecule has 0 aliphatic carbocycles. The van der Waals surface area contributed by atoms with Crippen LogP contribution in [-0.4, -0.2) is 21.3 Å². The molecule has 6 nitrogen and oxygen atoms in total. The number of carboxylic acids is 1. The van der Waals surface area contributed by atoms with Crippen LogP contribution in [0, 0.1) is 5.82 Å². The number of carboxylic acid groups (broad SMARTS) is 1. The van der Waals surface area contributed by atoms with Gasteiger partial charge in [0.15, 0.2) is 0 Å². The van der Waals surface area contributed by atoms with E-state index in [0.29, 0.717) is 30.2 Å². The fraction of sp³-hybridized carbons (Fsp3) is 0.150.